The fraction of sp³-hybridized carbons (Fsp3) is 0.286. The van der Waals surface area contributed by atoms with Gasteiger partial charge in [-0.15, -0.1) is 11.3 Å². The van der Waals surface area contributed by atoms with Crippen molar-refractivity contribution in [2.75, 3.05) is 0 Å². The Bertz CT molecular complexity index is 516. The molecule has 0 saturated heterocycles. The van der Waals surface area contributed by atoms with Crippen molar-refractivity contribution in [3.05, 3.63) is 54.8 Å². The van der Waals surface area contributed by atoms with Gasteiger partial charge in [0.15, 0.2) is 0 Å². The van der Waals surface area contributed by atoms with Crippen molar-refractivity contribution in [3.63, 3.8) is 0 Å². The van der Waals surface area contributed by atoms with E-state index in [-0.39, 0.29) is 6.04 Å². The van der Waals surface area contributed by atoms with Crippen LogP contribution in [-0.4, -0.2) is 0 Å². The lowest BCUT2D eigenvalue weighted by molar-refractivity contribution is 0.553. The van der Waals surface area contributed by atoms with Gasteiger partial charge in [0, 0.05) is 0 Å². The second-order valence-corrected chi connectivity index (χ2v) is 7.41. The molecule has 3 N–H and O–H groups in total. The van der Waals surface area contributed by atoms with Gasteiger partial charge in [-0.1, -0.05) is 29.3 Å². The Balaban J connectivity index is 2.20. The number of hydrogen-bond donors (Lipinski definition) is 2. The molecule has 2 nitrogen and oxygen atoms in total. The molecule has 0 bridgehead atoms. The van der Waals surface area contributed by atoms with E-state index in [0.717, 1.165) is 6.42 Å². The van der Waals surface area contributed by atoms with Crippen LogP contribution in [0.15, 0.2) is 29.6 Å². The predicted molar refractivity (Wildman–Crippen MR) is 86.7 cm³/mol. The summed E-state index contributed by atoms with van der Waals surface area (Å²) in [6.45, 7) is 4.27. The molecule has 1 heterocycles. The third-order valence-corrected chi connectivity index (χ3v) is 4.72. The van der Waals surface area contributed by atoms with E-state index in [2.05, 4.69) is 71.5 Å². The maximum absolute atomic E-state index is 5.69. The standard InChI is InChI=1S/C14H17IN2S/c1-9-3-10(2)5-11(4-9)6-13(17-16)12-7-14(15)18-8-12/h3-5,7-8,13,17H,6,16H2,1-2H3. The molecule has 4 heteroatoms. The number of hydrazine groups is 1. The lowest BCUT2D eigenvalue weighted by atomic mass is 9.98. The third-order valence-electron chi connectivity index (χ3n) is 2.91. The minimum absolute atomic E-state index is 0.186. The summed E-state index contributed by atoms with van der Waals surface area (Å²) < 4.78 is 1.29. The van der Waals surface area contributed by atoms with E-state index < -0.39 is 0 Å². The van der Waals surface area contributed by atoms with Crippen LogP contribution < -0.4 is 11.3 Å². The average Bonchev–Trinajstić information content (AvgIpc) is 2.71. The van der Waals surface area contributed by atoms with Crippen LogP contribution in [0.5, 0.6) is 0 Å². The van der Waals surface area contributed by atoms with Crippen molar-refractivity contribution in [2.45, 2.75) is 26.3 Å². The summed E-state index contributed by atoms with van der Waals surface area (Å²) in [5, 5.41) is 2.18. The molecule has 1 unspecified atom stereocenters. The van der Waals surface area contributed by atoms with Crippen molar-refractivity contribution < 1.29 is 0 Å². The number of hydrogen-bond acceptors (Lipinski definition) is 3. The Kier molecular flexibility index (Phi) is 4.77. The van der Waals surface area contributed by atoms with Crippen LogP contribution in [0.4, 0.5) is 0 Å². The van der Waals surface area contributed by atoms with Gasteiger partial charge in [-0.05, 0) is 65.4 Å². The first kappa shape index (κ1) is 14.0. The molecular formula is C14H17IN2S. The first-order chi connectivity index (χ1) is 8.58. The Morgan fingerprint density at radius 1 is 1.22 bits per heavy atom. The molecule has 0 aliphatic heterocycles. The van der Waals surface area contributed by atoms with Crippen LogP contribution >= 0.6 is 33.9 Å². The van der Waals surface area contributed by atoms with Crippen LogP contribution in [0.3, 0.4) is 0 Å². The Morgan fingerprint density at radius 3 is 2.39 bits per heavy atom. The Labute approximate surface area is 126 Å². The molecule has 0 amide bonds. The van der Waals surface area contributed by atoms with Gasteiger partial charge in [-0.2, -0.15) is 0 Å². The number of thiophene rings is 1. The van der Waals surface area contributed by atoms with Crippen molar-refractivity contribution in [1.82, 2.24) is 5.43 Å². The van der Waals surface area contributed by atoms with E-state index >= 15 is 0 Å². The van der Waals surface area contributed by atoms with Crippen molar-refractivity contribution in [3.8, 4) is 0 Å². The van der Waals surface area contributed by atoms with Crippen LogP contribution in [0.1, 0.15) is 28.3 Å². The van der Waals surface area contributed by atoms with Gasteiger partial charge >= 0.3 is 0 Å². The molecule has 0 saturated carbocycles. The molecule has 18 heavy (non-hydrogen) atoms. The zero-order valence-electron chi connectivity index (χ0n) is 10.5. The van der Waals surface area contributed by atoms with E-state index in [1.165, 1.54) is 25.1 Å². The maximum Gasteiger partial charge on any atom is 0.0656 e. The zero-order chi connectivity index (χ0) is 13.1. The highest BCUT2D eigenvalue weighted by molar-refractivity contribution is 14.1. The average molecular weight is 372 g/mol. The van der Waals surface area contributed by atoms with E-state index in [1.54, 1.807) is 11.3 Å². The van der Waals surface area contributed by atoms with E-state index in [9.17, 15) is 0 Å². The first-order valence-corrected chi connectivity index (χ1v) is 7.81. The lowest BCUT2D eigenvalue weighted by Crippen LogP contribution is -2.29. The van der Waals surface area contributed by atoms with Gasteiger partial charge in [-0.3, -0.25) is 11.3 Å². The summed E-state index contributed by atoms with van der Waals surface area (Å²) in [5.74, 6) is 5.69. The van der Waals surface area contributed by atoms with E-state index in [1.807, 2.05) is 0 Å². The van der Waals surface area contributed by atoms with E-state index in [4.69, 9.17) is 5.84 Å². The van der Waals surface area contributed by atoms with E-state index in [0.29, 0.717) is 0 Å². The van der Waals surface area contributed by atoms with Crippen molar-refractivity contribution >= 4 is 33.9 Å². The molecule has 1 atom stereocenters. The van der Waals surface area contributed by atoms with Crippen LogP contribution in [-0.2, 0) is 6.42 Å². The van der Waals surface area contributed by atoms with Crippen molar-refractivity contribution in [2.24, 2.45) is 5.84 Å². The highest BCUT2D eigenvalue weighted by Crippen LogP contribution is 2.25. The van der Waals surface area contributed by atoms with Gasteiger partial charge in [0.25, 0.3) is 0 Å². The summed E-state index contributed by atoms with van der Waals surface area (Å²) in [5.41, 5.74) is 8.13. The summed E-state index contributed by atoms with van der Waals surface area (Å²) in [6.07, 6.45) is 0.922. The molecule has 0 fully saturated rings. The first-order valence-electron chi connectivity index (χ1n) is 5.85. The molecule has 0 spiro atoms. The number of nitrogens with two attached hydrogens (primary N) is 1. The maximum atomic E-state index is 5.69. The molecule has 2 rings (SSSR count). The molecule has 2 aromatic rings. The number of rotatable bonds is 4. The van der Waals surface area contributed by atoms with Gasteiger partial charge in [0.1, 0.15) is 0 Å². The minimum Gasteiger partial charge on any atom is -0.271 e. The molecule has 0 aliphatic rings. The van der Waals surface area contributed by atoms with Gasteiger partial charge in [0.05, 0.1) is 8.93 Å². The topological polar surface area (TPSA) is 38.0 Å². The largest absolute Gasteiger partial charge is 0.271 e. The number of nitrogens with one attached hydrogen (secondary N) is 1. The van der Waals surface area contributed by atoms with Crippen LogP contribution in [0, 0.1) is 16.7 Å². The molecule has 0 aliphatic carbocycles. The smallest absolute Gasteiger partial charge is 0.0656 e. The minimum atomic E-state index is 0.186. The van der Waals surface area contributed by atoms with Gasteiger partial charge < -0.3 is 0 Å². The third kappa shape index (κ3) is 3.54. The second-order valence-electron chi connectivity index (χ2n) is 4.60. The predicted octanol–water partition coefficient (Wildman–Crippen LogP) is 3.72. The normalized spacial score (nSPS) is 12.7. The summed E-state index contributed by atoms with van der Waals surface area (Å²) >= 11 is 4.10. The number of halogens is 1. The lowest BCUT2D eigenvalue weighted by Gasteiger charge is -2.15. The summed E-state index contributed by atoms with van der Waals surface area (Å²) in [4.78, 5) is 0. The highest BCUT2D eigenvalue weighted by atomic mass is 127. The van der Waals surface area contributed by atoms with Gasteiger partial charge in [-0.25, -0.2) is 0 Å². The fourth-order valence-electron chi connectivity index (χ4n) is 2.20. The molecule has 1 aromatic carbocycles. The quantitative estimate of drug-likeness (QED) is 0.488. The molecular weight excluding hydrogens is 355 g/mol. The second kappa shape index (κ2) is 6.14. The fourth-order valence-corrected chi connectivity index (χ4v) is 3.63. The summed E-state index contributed by atoms with van der Waals surface area (Å²) in [7, 11) is 0. The zero-order valence-corrected chi connectivity index (χ0v) is 13.5. The molecule has 0 radical (unpaired) electrons. The Hall–Kier alpha value is -0.430. The van der Waals surface area contributed by atoms with Crippen LogP contribution in [0.25, 0.3) is 0 Å². The Morgan fingerprint density at radius 2 is 1.89 bits per heavy atom. The SMILES string of the molecule is Cc1cc(C)cc(CC(NN)c2csc(I)c2)c1. The monoisotopic (exact) mass is 372 g/mol. The highest BCUT2D eigenvalue weighted by Gasteiger charge is 2.12. The molecule has 1 aromatic heterocycles. The molecule has 96 valence electrons. The number of benzene rings is 1. The van der Waals surface area contributed by atoms with Gasteiger partial charge in [0.2, 0.25) is 0 Å². The summed E-state index contributed by atoms with van der Waals surface area (Å²) in [6, 6.07) is 9.04. The van der Waals surface area contributed by atoms with Crippen LogP contribution in [0.2, 0.25) is 0 Å². The van der Waals surface area contributed by atoms with Crippen molar-refractivity contribution in [1.29, 1.82) is 0 Å². The number of aryl methyl sites for hydroxylation is 2.